The first-order chi connectivity index (χ1) is 14.7. The maximum Gasteiger partial charge on any atom is 0.0125 e. The molecule has 2 heteroatoms. The molecular formula is C28H24S2. The molecule has 0 spiro atoms. The van der Waals surface area contributed by atoms with Gasteiger partial charge in [0.05, 0.1) is 0 Å². The van der Waals surface area contributed by atoms with Gasteiger partial charge in [-0.15, -0.1) is 25.3 Å². The topological polar surface area (TPSA) is 0 Å². The van der Waals surface area contributed by atoms with Gasteiger partial charge in [-0.25, -0.2) is 0 Å². The Morgan fingerprint density at radius 3 is 2.00 bits per heavy atom. The highest BCUT2D eigenvalue weighted by atomic mass is 32.1. The summed E-state index contributed by atoms with van der Waals surface area (Å²) in [6, 6.07) is 21.4. The molecule has 2 aliphatic carbocycles. The van der Waals surface area contributed by atoms with Crippen molar-refractivity contribution in [3.8, 4) is 0 Å². The number of hydrogen-bond donors (Lipinski definition) is 2. The Morgan fingerprint density at radius 2 is 1.20 bits per heavy atom. The first-order valence-corrected chi connectivity index (χ1v) is 11.4. The van der Waals surface area contributed by atoms with Crippen LogP contribution in [0.25, 0.3) is 45.8 Å². The van der Waals surface area contributed by atoms with Gasteiger partial charge in [-0.2, -0.15) is 0 Å². The molecule has 0 nitrogen and oxygen atoms in total. The zero-order chi connectivity index (χ0) is 20.5. The Labute approximate surface area is 187 Å². The molecular weight excluding hydrogens is 400 g/mol. The lowest BCUT2D eigenvalue weighted by Gasteiger charge is -2.06. The summed E-state index contributed by atoms with van der Waals surface area (Å²) in [7, 11) is 0. The quantitative estimate of drug-likeness (QED) is 0.366. The van der Waals surface area contributed by atoms with Crippen LogP contribution in [0, 0.1) is 0 Å². The van der Waals surface area contributed by atoms with E-state index in [1.54, 1.807) is 0 Å². The monoisotopic (exact) mass is 424 g/mol. The Kier molecular flexibility index (Phi) is 5.45. The predicted molar refractivity (Wildman–Crippen MR) is 137 cm³/mol. The van der Waals surface area contributed by atoms with Crippen LogP contribution in [0.4, 0.5) is 0 Å². The van der Waals surface area contributed by atoms with E-state index < -0.39 is 0 Å². The molecule has 148 valence electrons. The molecule has 0 N–H and O–H groups in total. The number of rotatable bonds is 0. The minimum Gasteiger partial charge on any atom is -0.143 e. The summed E-state index contributed by atoms with van der Waals surface area (Å²) in [5.41, 5.74) is 0. The lowest BCUT2D eigenvalue weighted by molar-refractivity contribution is 1.12. The highest BCUT2D eigenvalue weighted by Crippen LogP contribution is 2.18. The molecule has 0 heterocycles. The first kappa shape index (κ1) is 19.5. The van der Waals surface area contributed by atoms with Crippen molar-refractivity contribution in [1.82, 2.24) is 0 Å². The number of hydrogen-bond acceptors (Lipinski definition) is 2. The van der Waals surface area contributed by atoms with Gasteiger partial charge in [-0.1, -0.05) is 66.8 Å². The van der Waals surface area contributed by atoms with E-state index in [4.69, 9.17) is 0 Å². The minimum absolute atomic E-state index is 1.04. The summed E-state index contributed by atoms with van der Waals surface area (Å²) in [5.74, 6) is 0. The highest BCUT2D eigenvalue weighted by molar-refractivity contribution is 7.80. The molecule has 0 saturated carbocycles. The van der Waals surface area contributed by atoms with Crippen molar-refractivity contribution < 1.29 is 0 Å². The van der Waals surface area contributed by atoms with Gasteiger partial charge in [-0.3, -0.25) is 0 Å². The fraction of sp³-hybridized carbons (Fsp3) is 0.143. The number of fused-ring (bicyclic) bond motifs is 6. The molecule has 4 aromatic rings. The van der Waals surface area contributed by atoms with Crippen LogP contribution in [0.15, 0.2) is 70.5 Å². The molecule has 30 heavy (non-hydrogen) atoms. The summed E-state index contributed by atoms with van der Waals surface area (Å²) in [4.78, 5) is 2.12. The van der Waals surface area contributed by atoms with E-state index in [9.17, 15) is 0 Å². The van der Waals surface area contributed by atoms with Crippen LogP contribution in [0.5, 0.6) is 0 Å². The van der Waals surface area contributed by atoms with Crippen LogP contribution in [-0.2, 0) is 0 Å². The lowest BCUT2D eigenvalue weighted by Crippen LogP contribution is -2.27. The first-order valence-electron chi connectivity index (χ1n) is 10.5. The van der Waals surface area contributed by atoms with E-state index >= 15 is 0 Å². The second-order valence-electron chi connectivity index (χ2n) is 7.89. The SMILES string of the molecule is Sc1ccc2ccc3c(c2c1)=CCCC=3.Sc1cccc2ccc3c(c12)=CCCC=3. The van der Waals surface area contributed by atoms with E-state index in [0.29, 0.717) is 0 Å². The standard InChI is InChI=1S/2C14H12S/c15-13-7-3-5-11-9-8-10-4-1-2-6-12(10)14(11)13;15-12-8-7-11-6-5-10-3-1-2-4-13(10)14(11)9-12/h2*3-9,15H,1-2H2. The molecule has 0 saturated heterocycles. The maximum atomic E-state index is 4.55. The van der Waals surface area contributed by atoms with Crippen LogP contribution < -0.4 is 20.9 Å². The summed E-state index contributed by atoms with van der Waals surface area (Å²) in [6.45, 7) is 0. The van der Waals surface area contributed by atoms with E-state index in [2.05, 4.69) is 104 Å². The van der Waals surface area contributed by atoms with Gasteiger partial charge in [0.15, 0.2) is 0 Å². The van der Waals surface area contributed by atoms with Gasteiger partial charge in [-0.05, 0) is 80.9 Å². The maximum absolute atomic E-state index is 4.55. The zero-order valence-corrected chi connectivity index (χ0v) is 18.6. The molecule has 6 rings (SSSR count). The largest absolute Gasteiger partial charge is 0.143 e. The molecule has 0 unspecified atom stereocenters. The Hall–Kier alpha value is -2.42. The lowest BCUT2D eigenvalue weighted by atomic mass is 10.0. The minimum atomic E-state index is 1.04. The Bertz CT molecular complexity index is 1510. The van der Waals surface area contributed by atoms with Gasteiger partial charge in [0.1, 0.15) is 0 Å². The second-order valence-corrected chi connectivity index (χ2v) is 8.89. The molecule has 0 atom stereocenters. The zero-order valence-electron chi connectivity index (χ0n) is 16.8. The summed E-state index contributed by atoms with van der Waals surface area (Å²) >= 11 is 8.95. The summed E-state index contributed by atoms with van der Waals surface area (Å²) < 4.78 is 0. The average molecular weight is 425 g/mol. The Balaban J connectivity index is 0.000000128. The van der Waals surface area contributed by atoms with Crippen LogP contribution >= 0.6 is 25.3 Å². The third-order valence-corrected chi connectivity index (χ3v) is 6.59. The van der Waals surface area contributed by atoms with Crippen molar-refractivity contribution in [2.45, 2.75) is 35.5 Å². The molecule has 4 aromatic carbocycles. The van der Waals surface area contributed by atoms with Crippen molar-refractivity contribution in [2.75, 3.05) is 0 Å². The molecule has 0 aromatic heterocycles. The molecule has 2 aliphatic rings. The van der Waals surface area contributed by atoms with Crippen molar-refractivity contribution in [2.24, 2.45) is 0 Å². The fourth-order valence-electron chi connectivity index (χ4n) is 4.49. The molecule has 0 fully saturated rings. The molecule has 0 radical (unpaired) electrons. The number of thiol groups is 2. The van der Waals surface area contributed by atoms with Gasteiger partial charge in [0.2, 0.25) is 0 Å². The molecule has 0 amide bonds. The molecule has 0 aliphatic heterocycles. The van der Waals surface area contributed by atoms with E-state index in [-0.39, 0.29) is 0 Å². The average Bonchev–Trinajstić information content (AvgIpc) is 2.79. The normalized spacial score (nSPS) is 14.2. The van der Waals surface area contributed by atoms with Gasteiger partial charge in [0, 0.05) is 15.2 Å². The van der Waals surface area contributed by atoms with E-state index in [1.165, 1.54) is 48.8 Å². The van der Waals surface area contributed by atoms with Gasteiger partial charge < -0.3 is 0 Å². The van der Waals surface area contributed by atoms with Crippen LogP contribution in [0.3, 0.4) is 0 Å². The van der Waals surface area contributed by atoms with Gasteiger partial charge >= 0.3 is 0 Å². The van der Waals surface area contributed by atoms with E-state index in [0.717, 1.165) is 29.1 Å². The van der Waals surface area contributed by atoms with Crippen molar-refractivity contribution in [3.05, 3.63) is 81.5 Å². The number of benzene rings is 4. The summed E-state index contributed by atoms with van der Waals surface area (Å²) in [5, 5.41) is 10.7. The third kappa shape index (κ3) is 3.71. The van der Waals surface area contributed by atoms with Crippen molar-refractivity contribution in [1.29, 1.82) is 0 Å². The van der Waals surface area contributed by atoms with Crippen LogP contribution in [-0.4, -0.2) is 0 Å². The molecule has 0 bridgehead atoms. The summed E-state index contributed by atoms with van der Waals surface area (Å²) in [6.07, 6.45) is 13.9. The highest BCUT2D eigenvalue weighted by Gasteiger charge is 2.02. The predicted octanol–water partition coefficient (Wildman–Crippen LogP) is 4.97. The second kappa shape index (κ2) is 8.37. The third-order valence-electron chi connectivity index (χ3n) is 5.94. The smallest absolute Gasteiger partial charge is 0.0125 e. The Morgan fingerprint density at radius 1 is 0.567 bits per heavy atom. The van der Waals surface area contributed by atoms with Crippen molar-refractivity contribution >= 4 is 71.1 Å². The fourth-order valence-corrected chi connectivity index (χ4v) is 5.03. The van der Waals surface area contributed by atoms with Gasteiger partial charge in [0.25, 0.3) is 0 Å². The van der Waals surface area contributed by atoms with Crippen LogP contribution in [0.2, 0.25) is 0 Å². The van der Waals surface area contributed by atoms with Crippen molar-refractivity contribution in [3.63, 3.8) is 0 Å². The van der Waals surface area contributed by atoms with Crippen LogP contribution in [0.1, 0.15) is 25.7 Å². The van der Waals surface area contributed by atoms with E-state index in [1.807, 2.05) is 6.07 Å².